The van der Waals surface area contributed by atoms with E-state index < -0.39 is 5.91 Å². The lowest BCUT2D eigenvalue weighted by Crippen LogP contribution is -2.31. The molecule has 0 radical (unpaired) electrons. The van der Waals surface area contributed by atoms with Crippen LogP contribution < -0.4 is 10.5 Å². The molecular formula is C27H31N3O2. The smallest absolute Gasteiger partial charge is 0.250 e. The Morgan fingerprint density at radius 2 is 1.94 bits per heavy atom. The molecule has 1 amide bonds. The van der Waals surface area contributed by atoms with Crippen molar-refractivity contribution in [3.05, 3.63) is 89.1 Å². The summed E-state index contributed by atoms with van der Waals surface area (Å²) >= 11 is 0. The molecule has 0 saturated carbocycles. The number of nitrogens with zero attached hydrogens (tertiary/aromatic N) is 2. The topological polar surface area (TPSA) is 68.5 Å². The predicted octanol–water partition coefficient (Wildman–Crippen LogP) is 5.44. The number of carbonyl (C=O) groups is 1. The van der Waals surface area contributed by atoms with E-state index in [4.69, 9.17) is 10.5 Å². The number of amides is 1. The Balaban J connectivity index is 1.43. The van der Waals surface area contributed by atoms with E-state index in [0.717, 1.165) is 30.9 Å². The predicted molar refractivity (Wildman–Crippen MR) is 127 cm³/mol. The van der Waals surface area contributed by atoms with Crippen molar-refractivity contribution < 1.29 is 9.53 Å². The minimum absolute atomic E-state index is 0.367. The molecule has 1 aliphatic heterocycles. The zero-order valence-electron chi connectivity index (χ0n) is 18.7. The summed E-state index contributed by atoms with van der Waals surface area (Å²) in [6.07, 6.45) is 6.56. The monoisotopic (exact) mass is 429 g/mol. The van der Waals surface area contributed by atoms with Gasteiger partial charge in [0.1, 0.15) is 5.75 Å². The highest BCUT2D eigenvalue weighted by atomic mass is 16.5. The molecule has 2 N–H and O–H groups in total. The molecule has 5 nitrogen and oxygen atoms in total. The van der Waals surface area contributed by atoms with Crippen LogP contribution in [0.1, 0.15) is 58.6 Å². The van der Waals surface area contributed by atoms with Crippen molar-refractivity contribution in [2.24, 2.45) is 5.73 Å². The molecule has 32 heavy (non-hydrogen) atoms. The molecule has 1 atom stereocenters. The molecule has 1 fully saturated rings. The number of nitrogens with two attached hydrogens (primary N) is 1. The van der Waals surface area contributed by atoms with Gasteiger partial charge in [0.25, 0.3) is 0 Å². The Bertz CT molecular complexity index is 1030. The standard InChI is InChI=1S/C27H31N3O2/c1-20-16-21(11-13-25(20)32-26-14-12-23(17-29-26)27(28)31)18-30-15-7-3-6-10-24(19-30)22-8-4-2-5-9-22/h2,4-5,8-9,11-14,16-17,24H,3,6-7,10,15,18-19H2,1H3,(H2,28,31). The summed E-state index contributed by atoms with van der Waals surface area (Å²) in [4.78, 5) is 18.0. The molecule has 5 heteroatoms. The first kappa shape index (κ1) is 22.0. The average molecular weight is 430 g/mol. The van der Waals surface area contributed by atoms with E-state index in [1.165, 1.54) is 43.0 Å². The van der Waals surface area contributed by atoms with Crippen LogP contribution in [0.4, 0.5) is 0 Å². The summed E-state index contributed by atoms with van der Waals surface area (Å²) in [5.41, 5.74) is 9.45. The second-order valence-electron chi connectivity index (χ2n) is 8.64. The average Bonchev–Trinajstić information content (AvgIpc) is 2.78. The van der Waals surface area contributed by atoms with Gasteiger partial charge < -0.3 is 10.5 Å². The maximum atomic E-state index is 11.2. The molecule has 0 spiro atoms. The molecular weight excluding hydrogens is 398 g/mol. The van der Waals surface area contributed by atoms with Crippen molar-refractivity contribution in [1.82, 2.24) is 9.88 Å². The van der Waals surface area contributed by atoms with Crippen LogP contribution in [0.2, 0.25) is 0 Å². The van der Waals surface area contributed by atoms with E-state index in [1.807, 2.05) is 6.07 Å². The molecule has 0 bridgehead atoms. The fourth-order valence-electron chi connectivity index (χ4n) is 4.42. The molecule has 3 aromatic rings. The number of hydrogen-bond acceptors (Lipinski definition) is 4. The van der Waals surface area contributed by atoms with Crippen molar-refractivity contribution >= 4 is 5.91 Å². The maximum absolute atomic E-state index is 11.2. The van der Waals surface area contributed by atoms with Crippen LogP contribution in [-0.2, 0) is 6.54 Å². The van der Waals surface area contributed by atoms with Crippen LogP contribution in [0.5, 0.6) is 11.6 Å². The minimum Gasteiger partial charge on any atom is -0.439 e. The lowest BCUT2D eigenvalue weighted by atomic mass is 9.91. The molecule has 1 aromatic heterocycles. The van der Waals surface area contributed by atoms with Crippen molar-refractivity contribution in [3.63, 3.8) is 0 Å². The van der Waals surface area contributed by atoms with Gasteiger partial charge in [-0.05, 0) is 61.1 Å². The summed E-state index contributed by atoms with van der Waals surface area (Å²) in [5, 5.41) is 0. The third-order valence-electron chi connectivity index (χ3n) is 6.16. The zero-order chi connectivity index (χ0) is 22.3. The lowest BCUT2D eigenvalue weighted by Gasteiger charge is -2.30. The van der Waals surface area contributed by atoms with Gasteiger partial charge in [0.2, 0.25) is 11.8 Å². The lowest BCUT2D eigenvalue weighted by molar-refractivity contribution is 0.1000. The third kappa shape index (κ3) is 5.74. The summed E-state index contributed by atoms with van der Waals surface area (Å²) < 4.78 is 5.92. The number of carbonyl (C=O) groups excluding carboxylic acids is 1. The maximum Gasteiger partial charge on any atom is 0.250 e. The molecule has 1 aliphatic rings. The first-order chi connectivity index (χ1) is 15.6. The van der Waals surface area contributed by atoms with E-state index in [9.17, 15) is 4.79 Å². The fourth-order valence-corrected chi connectivity index (χ4v) is 4.42. The van der Waals surface area contributed by atoms with Gasteiger partial charge in [0.05, 0.1) is 5.56 Å². The van der Waals surface area contributed by atoms with Gasteiger partial charge in [-0.1, -0.05) is 55.3 Å². The number of primary amides is 1. The van der Waals surface area contributed by atoms with E-state index >= 15 is 0 Å². The highest BCUT2D eigenvalue weighted by Crippen LogP contribution is 2.28. The quantitative estimate of drug-likeness (QED) is 0.566. The van der Waals surface area contributed by atoms with Crippen LogP contribution in [0, 0.1) is 6.92 Å². The normalized spacial score (nSPS) is 17.3. The Kier molecular flexibility index (Phi) is 7.17. The largest absolute Gasteiger partial charge is 0.439 e. The van der Waals surface area contributed by atoms with Crippen LogP contribution >= 0.6 is 0 Å². The van der Waals surface area contributed by atoms with Crippen molar-refractivity contribution in [2.75, 3.05) is 13.1 Å². The Labute approximate surface area is 190 Å². The Morgan fingerprint density at radius 1 is 1.09 bits per heavy atom. The van der Waals surface area contributed by atoms with Crippen molar-refractivity contribution in [2.45, 2.75) is 45.1 Å². The Hall–Kier alpha value is -3.18. The van der Waals surface area contributed by atoms with Gasteiger partial charge in [0.15, 0.2) is 0 Å². The molecule has 2 aromatic carbocycles. The number of benzene rings is 2. The molecule has 1 unspecified atom stereocenters. The number of aryl methyl sites for hydroxylation is 1. The van der Waals surface area contributed by atoms with Crippen LogP contribution in [0.25, 0.3) is 0 Å². The molecule has 4 rings (SSSR count). The van der Waals surface area contributed by atoms with Gasteiger partial charge in [-0.15, -0.1) is 0 Å². The highest BCUT2D eigenvalue weighted by molar-refractivity contribution is 5.92. The second-order valence-corrected chi connectivity index (χ2v) is 8.64. The fraction of sp³-hybridized carbons (Fsp3) is 0.333. The minimum atomic E-state index is -0.497. The number of hydrogen-bond donors (Lipinski definition) is 1. The van der Waals surface area contributed by atoms with Crippen LogP contribution in [0.3, 0.4) is 0 Å². The third-order valence-corrected chi connectivity index (χ3v) is 6.16. The Morgan fingerprint density at radius 3 is 2.66 bits per heavy atom. The van der Waals surface area contributed by atoms with E-state index in [1.54, 1.807) is 12.1 Å². The highest BCUT2D eigenvalue weighted by Gasteiger charge is 2.19. The van der Waals surface area contributed by atoms with Crippen LogP contribution in [0.15, 0.2) is 66.9 Å². The summed E-state index contributed by atoms with van der Waals surface area (Å²) in [6, 6.07) is 20.6. The number of likely N-dealkylation sites (tertiary alicyclic amines) is 1. The van der Waals surface area contributed by atoms with Crippen LogP contribution in [-0.4, -0.2) is 28.9 Å². The first-order valence-electron chi connectivity index (χ1n) is 11.4. The summed E-state index contributed by atoms with van der Waals surface area (Å²) in [7, 11) is 0. The van der Waals surface area contributed by atoms with Gasteiger partial charge in [0, 0.05) is 25.4 Å². The number of aromatic nitrogens is 1. The van der Waals surface area contributed by atoms with Gasteiger partial charge in [-0.2, -0.15) is 0 Å². The van der Waals surface area contributed by atoms with Gasteiger partial charge >= 0.3 is 0 Å². The summed E-state index contributed by atoms with van der Waals surface area (Å²) in [5.74, 6) is 1.31. The van der Waals surface area contributed by atoms with Gasteiger partial charge in [-0.25, -0.2) is 4.98 Å². The molecule has 0 aliphatic carbocycles. The molecule has 2 heterocycles. The summed E-state index contributed by atoms with van der Waals surface area (Å²) in [6.45, 7) is 5.22. The molecule has 166 valence electrons. The van der Waals surface area contributed by atoms with E-state index in [2.05, 4.69) is 59.3 Å². The number of ether oxygens (including phenoxy) is 1. The van der Waals surface area contributed by atoms with E-state index in [-0.39, 0.29) is 0 Å². The first-order valence-corrected chi connectivity index (χ1v) is 11.4. The van der Waals surface area contributed by atoms with Gasteiger partial charge in [-0.3, -0.25) is 9.69 Å². The van der Waals surface area contributed by atoms with Crippen molar-refractivity contribution in [1.29, 1.82) is 0 Å². The zero-order valence-corrected chi connectivity index (χ0v) is 18.7. The number of rotatable bonds is 6. The second kappa shape index (κ2) is 10.4. The SMILES string of the molecule is Cc1cc(CN2CCCCCC(c3ccccc3)C2)ccc1Oc1ccc(C(N)=O)cn1. The molecule has 1 saturated heterocycles. The van der Waals surface area contributed by atoms with E-state index in [0.29, 0.717) is 17.4 Å². The number of pyridine rings is 1. The van der Waals surface area contributed by atoms with Crippen molar-refractivity contribution in [3.8, 4) is 11.6 Å².